The van der Waals surface area contributed by atoms with Gasteiger partial charge in [-0.25, -0.2) is 0 Å². The molecule has 0 aliphatic heterocycles. The standard InChI is InChI=1S/C12H23NO3/c1-3-10-4-6-12(16,7-5-10)8-13-9(2)11(14)15/h9-10,13,16H,3-8H2,1-2H3,(H,14,15). The van der Waals surface area contributed by atoms with Crippen molar-refractivity contribution >= 4 is 5.97 Å². The molecule has 1 unspecified atom stereocenters. The molecule has 0 radical (unpaired) electrons. The maximum absolute atomic E-state index is 10.6. The van der Waals surface area contributed by atoms with E-state index < -0.39 is 17.6 Å². The predicted octanol–water partition coefficient (Wildman–Crippen LogP) is 1.38. The van der Waals surface area contributed by atoms with Gasteiger partial charge in [0.1, 0.15) is 6.04 Å². The quantitative estimate of drug-likeness (QED) is 0.666. The van der Waals surface area contributed by atoms with Crippen LogP contribution in [0.15, 0.2) is 0 Å². The lowest BCUT2D eigenvalue weighted by Gasteiger charge is -2.36. The monoisotopic (exact) mass is 229 g/mol. The topological polar surface area (TPSA) is 69.6 Å². The maximum Gasteiger partial charge on any atom is 0.320 e. The Morgan fingerprint density at radius 2 is 2.06 bits per heavy atom. The molecule has 0 amide bonds. The number of aliphatic hydroxyl groups is 1. The van der Waals surface area contributed by atoms with Crippen LogP contribution in [-0.2, 0) is 4.79 Å². The summed E-state index contributed by atoms with van der Waals surface area (Å²) in [7, 11) is 0. The Balaban J connectivity index is 2.34. The van der Waals surface area contributed by atoms with E-state index in [9.17, 15) is 9.90 Å². The van der Waals surface area contributed by atoms with Gasteiger partial charge >= 0.3 is 5.97 Å². The molecular weight excluding hydrogens is 206 g/mol. The number of carboxylic acids is 1. The molecule has 4 nitrogen and oxygen atoms in total. The zero-order valence-corrected chi connectivity index (χ0v) is 10.2. The van der Waals surface area contributed by atoms with Crippen molar-refractivity contribution < 1.29 is 15.0 Å². The fraction of sp³-hybridized carbons (Fsp3) is 0.917. The van der Waals surface area contributed by atoms with Crippen molar-refractivity contribution in [1.82, 2.24) is 5.32 Å². The van der Waals surface area contributed by atoms with Gasteiger partial charge in [0.25, 0.3) is 0 Å². The number of carboxylic acid groups (broad SMARTS) is 1. The molecule has 4 heteroatoms. The maximum atomic E-state index is 10.6. The SMILES string of the molecule is CCC1CCC(O)(CNC(C)C(=O)O)CC1. The first kappa shape index (κ1) is 13.5. The number of rotatable bonds is 5. The number of carbonyl (C=O) groups is 1. The number of nitrogens with one attached hydrogen (secondary N) is 1. The van der Waals surface area contributed by atoms with Crippen LogP contribution in [0.3, 0.4) is 0 Å². The summed E-state index contributed by atoms with van der Waals surface area (Å²) in [6.45, 7) is 4.17. The third kappa shape index (κ3) is 3.76. The normalized spacial score (nSPS) is 32.3. The van der Waals surface area contributed by atoms with Crippen molar-refractivity contribution in [1.29, 1.82) is 0 Å². The molecule has 0 spiro atoms. The molecule has 1 fully saturated rings. The number of hydrogen-bond donors (Lipinski definition) is 3. The molecule has 0 bridgehead atoms. The molecule has 16 heavy (non-hydrogen) atoms. The first-order chi connectivity index (χ1) is 7.47. The van der Waals surface area contributed by atoms with Gasteiger partial charge in [-0.2, -0.15) is 0 Å². The highest BCUT2D eigenvalue weighted by Gasteiger charge is 2.32. The van der Waals surface area contributed by atoms with Crippen LogP contribution in [0.2, 0.25) is 0 Å². The summed E-state index contributed by atoms with van der Waals surface area (Å²) in [4.78, 5) is 10.6. The lowest BCUT2D eigenvalue weighted by atomic mass is 9.78. The Labute approximate surface area is 97.0 Å². The van der Waals surface area contributed by atoms with E-state index >= 15 is 0 Å². The van der Waals surface area contributed by atoms with Crippen LogP contribution in [0.25, 0.3) is 0 Å². The second-order valence-corrected chi connectivity index (χ2v) is 5.02. The van der Waals surface area contributed by atoms with Gasteiger partial charge in [-0.05, 0) is 38.5 Å². The van der Waals surface area contributed by atoms with E-state index in [0.29, 0.717) is 6.54 Å². The van der Waals surface area contributed by atoms with Gasteiger partial charge < -0.3 is 15.5 Å². The minimum absolute atomic E-state index is 0.386. The van der Waals surface area contributed by atoms with Crippen LogP contribution >= 0.6 is 0 Å². The van der Waals surface area contributed by atoms with Gasteiger partial charge in [-0.1, -0.05) is 13.3 Å². The van der Waals surface area contributed by atoms with Crippen molar-refractivity contribution in [2.75, 3.05) is 6.54 Å². The van der Waals surface area contributed by atoms with Crippen LogP contribution in [0.4, 0.5) is 0 Å². The second-order valence-electron chi connectivity index (χ2n) is 5.02. The molecule has 94 valence electrons. The third-order valence-corrected chi connectivity index (χ3v) is 3.72. The lowest BCUT2D eigenvalue weighted by Crippen LogP contribution is -2.47. The zero-order chi connectivity index (χ0) is 12.2. The average Bonchev–Trinajstić information content (AvgIpc) is 2.27. The van der Waals surface area contributed by atoms with Gasteiger partial charge in [0.05, 0.1) is 5.60 Å². The van der Waals surface area contributed by atoms with Crippen LogP contribution in [-0.4, -0.2) is 34.4 Å². The molecule has 1 saturated carbocycles. The summed E-state index contributed by atoms with van der Waals surface area (Å²) >= 11 is 0. The van der Waals surface area contributed by atoms with Crippen LogP contribution in [0.1, 0.15) is 46.0 Å². The summed E-state index contributed by atoms with van der Waals surface area (Å²) in [6, 6.07) is -0.590. The van der Waals surface area contributed by atoms with Gasteiger partial charge in [0.2, 0.25) is 0 Å². The first-order valence-electron chi connectivity index (χ1n) is 6.15. The van der Waals surface area contributed by atoms with E-state index in [-0.39, 0.29) is 0 Å². The number of hydrogen-bond acceptors (Lipinski definition) is 3. The van der Waals surface area contributed by atoms with Gasteiger partial charge in [0, 0.05) is 6.54 Å². The van der Waals surface area contributed by atoms with Crippen molar-refractivity contribution in [3.05, 3.63) is 0 Å². The van der Waals surface area contributed by atoms with Crippen LogP contribution < -0.4 is 5.32 Å². The molecule has 1 aliphatic carbocycles. The van der Waals surface area contributed by atoms with E-state index in [1.54, 1.807) is 6.92 Å². The molecule has 1 atom stereocenters. The minimum Gasteiger partial charge on any atom is -0.480 e. The van der Waals surface area contributed by atoms with Gasteiger partial charge in [-0.3, -0.25) is 4.79 Å². The lowest BCUT2D eigenvalue weighted by molar-refractivity contribution is -0.139. The Hall–Kier alpha value is -0.610. The Kier molecular flexibility index (Phi) is 4.74. The van der Waals surface area contributed by atoms with E-state index in [1.165, 1.54) is 6.42 Å². The van der Waals surface area contributed by atoms with Gasteiger partial charge in [0.15, 0.2) is 0 Å². The van der Waals surface area contributed by atoms with Crippen molar-refractivity contribution in [2.24, 2.45) is 5.92 Å². The van der Waals surface area contributed by atoms with Crippen LogP contribution in [0, 0.1) is 5.92 Å². The first-order valence-corrected chi connectivity index (χ1v) is 6.15. The fourth-order valence-corrected chi connectivity index (χ4v) is 2.23. The smallest absolute Gasteiger partial charge is 0.320 e. The molecule has 0 aromatic heterocycles. The van der Waals surface area contributed by atoms with E-state index in [4.69, 9.17) is 5.11 Å². The third-order valence-electron chi connectivity index (χ3n) is 3.72. The molecule has 0 heterocycles. The Morgan fingerprint density at radius 3 is 2.50 bits per heavy atom. The van der Waals surface area contributed by atoms with Gasteiger partial charge in [-0.15, -0.1) is 0 Å². The highest BCUT2D eigenvalue weighted by atomic mass is 16.4. The van der Waals surface area contributed by atoms with Crippen molar-refractivity contribution in [2.45, 2.75) is 57.6 Å². The zero-order valence-electron chi connectivity index (χ0n) is 10.2. The summed E-state index contributed by atoms with van der Waals surface area (Å²) in [5.74, 6) is -0.136. The highest BCUT2D eigenvalue weighted by molar-refractivity contribution is 5.72. The highest BCUT2D eigenvalue weighted by Crippen LogP contribution is 2.33. The average molecular weight is 229 g/mol. The summed E-state index contributed by atoms with van der Waals surface area (Å²) in [5.41, 5.74) is -0.699. The molecule has 1 aliphatic rings. The molecular formula is C12H23NO3. The minimum atomic E-state index is -0.870. The molecule has 0 aromatic carbocycles. The van der Waals surface area contributed by atoms with E-state index in [0.717, 1.165) is 31.6 Å². The largest absolute Gasteiger partial charge is 0.480 e. The van der Waals surface area contributed by atoms with E-state index in [2.05, 4.69) is 12.2 Å². The molecule has 0 saturated heterocycles. The number of aliphatic carboxylic acids is 1. The molecule has 0 aromatic rings. The fourth-order valence-electron chi connectivity index (χ4n) is 2.23. The summed E-state index contributed by atoms with van der Waals surface area (Å²) < 4.78 is 0. The Bertz CT molecular complexity index is 234. The second kappa shape index (κ2) is 5.64. The molecule has 1 rings (SSSR count). The van der Waals surface area contributed by atoms with E-state index in [1.807, 2.05) is 0 Å². The summed E-state index contributed by atoms with van der Waals surface area (Å²) in [6.07, 6.45) is 4.84. The van der Waals surface area contributed by atoms with Crippen molar-refractivity contribution in [3.8, 4) is 0 Å². The predicted molar refractivity (Wildman–Crippen MR) is 62.3 cm³/mol. The Morgan fingerprint density at radius 1 is 1.50 bits per heavy atom. The summed E-state index contributed by atoms with van der Waals surface area (Å²) in [5, 5.41) is 21.9. The van der Waals surface area contributed by atoms with Crippen LogP contribution in [0.5, 0.6) is 0 Å². The molecule has 3 N–H and O–H groups in total. The van der Waals surface area contributed by atoms with Crippen molar-refractivity contribution in [3.63, 3.8) is 0 Å².